The number of hydrogen-bond donors (Lipinski definition) is 2. The SMILES string of the molecule is NCCNCCCCCCCCC[SiH3]. The highest BCUT2D eigenvalue weighted by Gasteiger charge is 1.91. The van der Waals surface area contributed by atoms with Crippen LogP contribution < -0.4 is 11.1 Å². The van der Waals surface area contributed by atoms with E-state index in [9.17, 15) is 0 Å². The second-order valence-electron chi connectivity index (χ2n) is 4.01. The van der Waals surface area contributed by atoms with Crippen LogP contribution in [0.1, 0.15) is 44.9 Å². The molecule has 0 aromatic carbocycles. The Morgan fingerprint density at radius 3 is 1.93 bits per heavy atom. The number of nitrogens with two attached hydrogens (primary N) is 1. The van der Waals surface area contributed by atoms with Crippen molar-refractivity contribution in [2.75, 3.05) is 19.6 Å². The van der Waals surface area contributed by atoms with Gasteiger partial charge in [0.2, 0.25) is 0 Å². The van der Waals surface area contributed by atoms with Crippen LogP contribution >= 0.6 is 0 Å². The Bertz CT molecular complexity index is 87.3. The summed E-state index contributed by atoms with van der Waals surface area (Å²) < 4.78 is 0. The fourth-order valence-electron chi connectivity index (χ4n) is 1.61. The van der Waals surface area contributed by atoms with Crippen LogP contribution in [0.5, 0.6) is 0 Å². The standard InChI is InChI=1S/C11H28N2Si/c12-8-10-13-9-6-4-2-1-3-5-7-11-14/h13H,1-12H2,14H3. The first-order valence-corrected chi connectivity index (χ1v) is 7.74. The van der Waals surface area contributed by atoms with E-state index in [2.05, 4.69) is 5.32 Å². The smallest absolute Gasteiger partial charge is 0.00745 e. The lowest BCUT2D eigenvalue weighted by Crippen LogP contribution is -2.23. The van der Waals surface area contributed by atoms with Crippen LogP contribution in [-0.4, -0.2) is 29.9 Å². The highest BCUT2D eigenvalue weighted by Crippen LogP contribution is 2.07. The predicted molar refractivity (Wildman–Crippen MR) is 69.0 cm³/mol. The van der Waals surface area contributed by atoms with Crippen molar-refractivity contribution in [1.82, 2.24) is 5.32 Å². The number of unbranched alkanes of at least 4 members (excludes halogenated alkanes) is 6. The van der Waals surface area contributed by atoms with Crippen molar-refractivity contribution >= 4 is 10.2 Å². The molecule has 3 heteroatoms. The van der Waals surface area contributed by atoms with Crippen molar-refractivity contribution in [2.45, 2.75) is 51.0 Å². The monoisotopic (exact) mass is 216 g/mol. The molecule has 0 radical (unpaired) electrons. The molecule has 0 aliphatic rings. The van der Waals surface area contributed by atoms with Gasteiger partial charge in [0.05, 0.1) is 0 Å². The first-order chi connectivity index (χ1) is 6.91. The van der Waals surface area contributed by atoms with Crippen LogP contribution in [-0.2, 0) is 0 Å². The third kappa shape index (κ3) is 12.1. The van der Waals surface area contributed by atoms with Gasteiger partial charge in [0.25, 0.3) is 0 Å². The van der Waals surface area contributed by atoms with Gasteiger partial charge in [-0.15, -0.1) is 0 Å². The fourth-order valence-corrected chi connectivity index (χ4v) is 2.11. The minimum Gasteiger partial charge on any atom is -0.329 e. The zero-order valence-corrected chi connectivity index (χ0v) is 11.9. The second kappa shape index (κ2) is 13.1. The number of hydrogen-bond acceptors (Lipinski definition) is 2. The van der Waals surface area contributed by atoms with Crippen LogP contribution in [0, 0.1) is 0 Å². The molecule has 0 bridgehead atoms. The Kier molecular flexibility index (Phi) is 13.3. The Balaban J connectivity index is 2.78. The molecule has 86 valence electrons. The zero-order valence-electron chi connectivity index (χ0n) is 9.86. The number of nitrogens with one attached hydrogen (secondary N) is 1. The quantitative estimate of drug-likeness (QED) is 0.400. The summed E-state index contributed by atoms with van der Waals surface area (Å²) >= 11 is 0. The fraction of sp³-hybridized carbons (Fsp3) is 1.00. The Morgan fingerprint density at radius 1 is 0.786 bits per heavy atom. The number of rotatable bonds is 11. The highest BCUT2D eigenvalue weighted by atomic mass is 28.1. The Labute approximate surface area is 92.4 Å². The molecule has 0 spiro atoms. The van der Waals surface area contributed by atoms with Crippen molar-refractivity contribution in [2.24, 2.45) is 5.73 Å². The topological polar surface area (TPSA) is 38.0 Å². The van der Waals surface area contributed by atoms with E-state index in [0.29, 0.717) is 0 Å². The molecule has 0 aliphatic carbocycles. The van der Waals surface area contributed by atoms with Gasteiger partial charge >= 0.3 is 0 Å². The van der Waals surface area contributed by atoms with Crippen LogP contribution in [0.3, 0.4) is 0 Å². The van der Waals surface area contributed by atoms with Crippen LogP contribution in [0.2, 0.25) is 6.04 Å². The summed E-state index contributed by atoms with van der Waals surface area (Å²) in [5.41, 5.74) is 5.38. The van der Waals surface area contributed by atoms with E-state index < -0.39 is 0 Å². The maximum Gasteiger partial charge on any atom is 0.00745 e. The maximum atomic E-state index is 5.38. The van der Waals surface area contributed by atoms with E-state index in [0.717, 1.165) is 19.6 Å². The maximum absolute atomic E-state index is 5.38. The molecule has 0 saturated carbocycles. The lowest BCUT2D eigenvalue weighted by Gasteiger charge is -2.03. The normalized spacial score (nSPS) is 10.9. The van der Waals surface area contributed by atoms with Gasteiger partial charge in [0.15, 0.2) is 0 Å². The van der Waals surface area contributed by atoms with Gasteiger partial charge in [0.1, 0.15) is 0 Å². The molecule has 0 aliphatic heterocycles. The molecule has 0 rings (SSSR count). The first-order valence-electron chi connectivity index (χ1n) is 6.32. The Morgan fingerprint density at radius 2 is 1.36 bits per heavy atom. The lowest BCUT2D eigenvalue weighted by atomic mass is 10.1. The molecule has 2 nitrogen and oxygen atoms in total. The molecule has 0 aromatic rings. The van der Waals surface area contributed by atoms with Crippen LogP contribution in [0.25, 0.3) is 0 Å². The van der Waals surface area contributed by atoms with Gasteiger partial charge in [-0.05, 0) is 13.0 Å². The van der Waals surface area contributed by atoms with Crippen LogP contribution in [0.15, 0.2) is 0 Å². The second-order valence-corrected chi connectivity index (χ2v) is 5.01. The summed E-state index contributed by atoms with van der Waals surface area (Å²) in [6.07, 6.45) is 9.97. The van der Waals surface area contributed by atoms with Crippen molar-refractivity contribution in [3.63, 3.8) is 0 Å². The van der Waals surface area contributed by atoms with E-state index in [-0.39, 0.29) is 0 Å². The lowest BCUT2D eigenvalue weighted by molar-refractivity contribution is 0.565. The third-order valence-electron chi connectivity index (χ3n) is 2.53. The summed E-state index contributed by atoms with van der Waals surface area (Å²) in [5.74, 6) is 0. The largest absolute Gasteiger partial charge is 0.329 e. The molecule has 0 saturated heterocycles. The molecule has 3 N–H and O–H groups in total. The molecule has 0 atom stereocenters. The molecule has 0 heterocycles. The van der Waals surface area contributed by atoms with Gasteiger partial charge in [-0.3, -0.25) is 0 Å². The molecular formula is C11H28N2Si. The van der Waals surface area contributed by atoms with Gasteiger partial charge < -0.3 is 11.1 Å². The van der Waals surface area contributed by atoms with E-state index in [1.807, 2.05) is 0 Å². The van der Waals surface area contributed by atoms with E-state index in [1.165, 1.54) is 61.2 Å². The van der Waals surface area contributed by atoms with Crippen molar-refractivity contribution < 1.29 is 0 Å². The molecule has 14 heavy (non-hydrogen) atoms. The van der Waals surface area contributed by atoms with Crippen LogP contribution in [0.4, 0.5) is 0 Å². The molecule has 0 fully saturated rings. The summed E-state index contributed by atoms with van der Waals surface area (Å²) in [6.45, 7) is 2.89. The summed E-state index contributed by atoms with van der Waals surface area (Å²) in [6, 6.07) is 1.49. The predicted octanol–water partition coefficient (Wildman–Crippen LogP) is 1.05. The molecule has 0 aromatic heterocycles. The minimum atomic E-state index is 0.764. The Hall–Kier alpha value is 0.137. The molecule has 0 amide bonds. The van der Waals surface area contributed by atoms with E-state index in [4.69, 9.17) is 5.73 Å². The van der Waals surface area contributed by atoms with Gasteiger partial charge in [-0.1, -0.05) is 44.6 Å². The molecule has 0 unspecified atom stereocenters. The van der Waals surface area contributed by atoms with Gasteiger partial charge in [0, 0.05) is 23.3 Å². The van der Waals surface area contributed by atoms with E-state index in [1.54, 1.807) is 0 Å². The van der Waals surface area contributed by atoms with Gasteiger partial charge in [-0.2, -0.15) is 0 Å². The van der Waals surface area contributed by atoms with Gasteiger partial charge in [-0.25, -0.2) is 0 Å². The van der Waals surface area contributed by atoms with E-state index >= 15 is 0 Å². The average Bonchev–Trinajstić information content (AvgIpc) is 2.21. The minimum absolute atomic E-state index is 0.764. The van der Waals surface area contributed by atoms with Crippen molar-refractivity contribution in [1.29, 1.82) is 0 Å². The molecular weight excluding hydrogens is 188 g/mol. The third-order valence-corrected chi connectivity index (χ3v) is 3.24. The summed E-state index contributed by atoms with van der Waals surface area (Å²) in [7, 11) is 1.39. The van der Waals surface area contributed by atoms with Crippen molar-refractivity contribution in [3.05, 3.63) is 0 Å². The highest BCUT2D eigenvalue weighted by molar-refractivity contribution is 6.08. The van der Waals surface area contributed by atoms with Crippen molar-refractivity contribution in [3.8, 4) is 0 Å². The zero-order chi connectivity index (χ0) is 10.5. The average molecular weight is 216 g/mol. The summed E-state index contributed by atoms with van der Waals surface area (Å²) in [5, 5.41) is 3.33. The summed E-state index contributed by atoms with van der Waals surface area (Å²) in [4.78, 5) is 0. The first kappa shape index (κ1) is 14.1.